The van der Waals surface area contributed by atoms with Crippen molar-refractivity contribution in [3.8, 4) is 5.75 Å². The molecule has 2 fully saturated rings. The first-order chi connectivity index (χ1) is 19.7. The minimum atomic E-state index is -4.37. The molecule has 0 saturated carbocycles. The number of pyridine rings is 1. The van der Waals surface area contributed by atoms with E-state index in [4.69, 9.17) is 14.9 Å². The molecule has 3 atom stereocenters. The molecule has 42 heavy (non-hydrogen) atoms. The molecule has 13 nitrogen and oxygen atoms in total. The zero-order valence-electron chi connectivity index (χ0n) is 23.8. The van der Waals surface area contributed by atoms with E-state index >= 15 is 4.39 Å². The number of ether oxygens (including phenoxy) is 2. The number of methoxy groups -OCH3 is 1. The lowest BCUT2D eigenvalue weighted by molar-refractivity contribution is 0.102. The van der Waals surface area contributed by atoms with Gasteiger partial charge in [-0.05, 0) is 50.1 Å². The summed E-state index contributed by atoms with van der Waals surface area (Å²) in [6.45, 7) is 2.89. The van der Waals surface area contributed by atoms with E-state index in [0.29, 0.717) is 23.1 Å². The van der Waals surface area contributed by atoms with E-state index in [1.54, 1.807) is 13.0 Å². The molecule has 16 heteroatoms. The maximum absolute atomic E-state index is 15.5. The van der Waals surface area contributed by atoms with E-state index in [-0.39, 0.29) is 29.2 Å². The number of nitrogens with one attached hydrogen (secondary N) is 3. The Morgan fingerprint density at radius 1 is 1.36 bits per heavy atom. The highest BCUT2D eigenvalue weighted by molar-refractivity contribution is 7.90. The van der Waals surface area contributed by atoms with Gasteiger partial charge in [-0.2, -0.15) is 0 Å². The summed E-state index contributed by atoms with van der Waals surface area (Å²) >= 11 is 0. The Kier molecular flexibility index (Phi) is 9.11. The molecule has 1 amide bonds. The smallest absolute Gasteiger partial charge is 0.274 e. The van der Waals surface area contributed by atoms with Gasteiger partial charge in [-0.1, -0.05) is 6.92 Å². The minimum Gasteiger partial charge on any atom is -0.495 e. The second-order valence-corrected chi connectivity index (χ2v) is 14.4. The van der Waals surface area contributed by atoms with Crippen LogP contribution in [0.1, 0.15) is 42.7 Å². The van der Waals surface area contributed by atoms with Crippen LogP contribution in [-0.4, -0.2) is 93.3 Å². The predicted molar refractivity (Wildman–Crippen MR) is 154 cm³/mol. The minimum absolute atomic E-state index is 0.0360. The number of rotatable bonds is 10. The summed E-state index contributed by atoms with van der Waals surface area (Å²) in [6.07, 6.45) is 2.18. The Bertz CT molecular complexity index is 1550. The van der Waals surface area contributed by atoms with Crippen molar-refractivity contribution in [3.63, 3.8) is 0 Å². The fraction of sp³-hybridized carbons (Fsp3) is 0.500. The van der Waals surface area contributed by atoms with E-state index in [1.165, 1.54) is 45.5 Å². The van der Waals surface area contributed by atoms with Crippen LogP contribution in [0.4, 0.5) is 10.1 Å². The van der Waals surface area contributed by atoms with Crippen molar-refractivity contribution in [3.05, 3.63) is 53.6 Å². The van der Waals surface area contributed by atoms with E-state index in [9.17, 15) is 21.6 Å². The first-order valence-corrected chi connectivity index (χ1v) is 16.4. The number of anilines is 1. The van der Waals surface area contributed by atoms with E-state index in [2.05, 4.69) is 15.6 Å². The fourth-order valence-electron chi connectivity index (χ4n) is 5.11. The van der Waals surface area contributed by atoms with Crippen LogP contribution in [-0.2, 0) is 30.3 Å². The van der Waals surface area contributed by atoms with Crippen molar-refractivity contribution >= 4 is 37.6 Å². The quantitative estimate of drug-likeness (QED) is 0.355. The van der Waals surface area contributed by atoms with Crippen molar-refractivity contribution in [2.45, 2.75) is 43.6 Å². The van der Waals surface area contributed by atoms with Crippen LogP contribution < -0.4 is 15.4 Å². The summed E-state index contributed by atoms with van der Waals surface area (Å²) in [6, 6.07) is 6.63. The number of sulfonamides is 2. The van der Waals surface area contributed by atoms with Gasteiger partial charge >= 0.3 is 0 Å². The van der Waals surface area contributed by atoms with Gasteiger partial charge in [0.1, 0.15) is 22.5 Å². The molecule has 2 aliphatic rings. The molecule has 3 heterocycles. The molecule has 1 aromatic heterocycles. The third-order valence-corrected chi connectivity index (χ3v) is 11.9. The number of carbonyl (C=O) groups is 1. The molecule has 3 N–H and O–H groups in total. The maximum atomic E-state index is 15.5. The third kappa shape index (κ3) is 6.21. The molecule has 2 aliphatic heterocycles. The van der Waals surface area contributed by atoms with E-state index in [1.807, 2.05) is 0 Å². The Morgan fingerprint density at radius 2 is 2.10 bits per heavy atom. The average Bonchev–Trinajstić information content (AvgIpc) is 3.45. The Morgan fingerprint density at radius 3 is 2.69 bits per heavy atom. The van der Waals surface area contributed by atoms with Crippen molar-refractivity contribution < 1.29 is 35.5 Å². The number of aromatic nitrogens is 1. The second kappa shape index (κ2) is 12.1. The monoisotopic (exact) mass is 626 g/mol. The lowest BCUT2D eigenvalue weighted by Gasteiger charge is -2.47. The summed E-state index contributed by atoms with van der Waals surface area (Å²) in [4.78, 5) is 16.9. The lowest BCUT2D eigenvalue weighted by Crippen LogP contribution is -2.68. The first kappa shape index (κ1) is 31.6. The van der Waals surface area contributed by atoms with Crippen LogP contribution in [0.2, 0.25) is 0 Å². The largest absolute Gasteiger partial charge is 0.495 e. The number of carbonyl (C=O) groups excluding carboxylic acids is 1. The third-order valence-electron chi connectivity index (χ3n) is 7.60. The Labute approximate surface area is 245 Å². The standard InChI is InChI=1S/C26H35FN6O7S2/c1-5-33(41(35,36)16-19-7-6-12-40-19)15-23-26(2,31-25(28)32(3)42(23,37)38)20-13-17(8-10-21(20)27)30-24(34)22-11-9-18(39-4)14-29-22/h8-11,13-14,19,23H,5-7,12,15-16H2,1-4H3,(H2,28,31)(H,30,34)/t19?,23-,26+/m0/s1. The summed E-state index contributed by atoms with van der Waals surface area (Å²) in [7, 11) is -5.70. The normalized spacial score (nSPS) is 24.0. The molecular formula is C26H35FN6O7S2. The molecule has 2 aromatic rings. The van der Waals surface area contributed by atoms with Gasteiger partial charge in [0.15, 0.2) is 0 Å². The Hall–Kier alpha value is -3.34. The van der Waals surface area contributed by atoms with E-state index in [0.717, 1.165) is 16.8 Å². The van der Waals surface area contributed by atoms with Crippen LogP contribution in [0.5, 0.6) is 5.75 Å². The number of hydrogen-bond donors (Lipinski definition) is 3. The van der Waals surface area contributed by atoms with Gasteiger partial charge in [0.25, 0.3) is 5.91 Å². The lowest BCUT2D eigenvalue weighted by atomic mass is 9.87. The topological polar surface area (TPSA) is 171 Å². The molecule has 0 spiro atoms. The highest BCUT2D eigenvalue weighted by Crippen LogP contribution is 2.38. The number of benzene rings is 1. The van der Waals surface area contributed by atoms with Crippen molar-refractivity contribution in [2.24, 2.45) is 0 Å². The maximum Gasteiger partial charge on any atom is 0.274 e. The van der Waals surface area contributed by atoms with Gasteiger partial charge in [0.2, 0.25) is 26.0 Å². The van der Waals surface area contributed by atoms with Crippen molar-refractivity contribution in [1.29, 1.82) is 5.41 Å². The van der Waals surface area contributed by atoms with Gasteiger partial charge < -0.3 is 20.1 Å². The second-order valence-electron chi connectivity index (χ2n) is 10.3. The number of amides is 1. The Balaban J connectivity index is 1.70. The predicted octanol–water partition coefficient (Wildman–Crippen LogP) is 1.70. The molecule has 0 bridgehead atoms. The molecule has 1 aromatic carbocycles. The van der Waals surface area contributed by atoms with Gasteiger partial charge in [0, 0.05) is 38.0 Å². The van der Waals surface area contributed by atoms with Gasteiger partial charge in [-0.25, -0.2) is 34.8 Å². The molecule has 2 saturated heterocycles. The van der Waals surface area contributed by atoms with Crippen molar-refractivity contribution in [2.75, 3.05) is 44.9 Å². The summed E-state index contributed by atoms with van der Waals surface area (Å²) in [5, 5.41) is 12.2. The van der Waals surface area contributed by atoms with E-state index < -0.39 is 61.2 Å². The van der Waals surface area contributed by atoms with Gasteiger partial charge in [0.05, 0.1) is 30.7 Å². The van der Waals surface area contributed by atoms with Crippen LogP contribution in [0.15, 0.2) is 36.5 Å². The van der Waals surface area contributed by atoms with Gasteiger partial charge in [-0.15, -0.1) is 0 Å². The summed E-state index contributed by atoms with van der Waals surface area (Å²) in [5.74, 6) is -1.79. The fourth-order valence-corrected chi connectivity index (χ4v) is 8.75. The van der Waals surface area contributed by atoms with Crippen molar-refractivity contribution in [1.82, 2.24) is 18.9 Å². The van der Waals surface area contributed by atoms with Crippen LogP contribution in [0, 0.1) is 11.2 Å². The van der Waals surface area contributed by atoms with Gasteiger partial charge in [-0.3, -0.25) is 10.2 Å². The molecule has 230 valence electrons. The number of hydrogen-bond acceptors (Lipinski definition) is 9. The highest BCUT2D eigenvalue weighted by atomic mass is 32.2. The molecule has 0 radical (unpaired) electrons. The highest BCUT2D eigenvalue weighted by Gasteiger charge is 2.54. The molecular weight excluding hydrogens is 591 g/mol. The molecule has 4 rings (SSSR count). The SMILES string of the molecule is CCN(C[C@H]1[C@@](C)(c2cc(NC(=O)c3ccc(OC)cn3)ccc2F)NC(=N)N(C)S1(=O)=O)S(=O)(=O)CC1CCCO1. The first-order valence-electron chi connectivity index (χ1n) is 13.3. The summed E-state index contributed by atoms with van der Waals surface area (Å²) < 4.78 is 82.0. The van der Waals surface area contributed by atoms with Crippen LogP contribution in [0.25, 0.3) is 0 Å². The average molecular weight is 627 g/mol. The number of halogens is 1. The molecule has 1 unspecified atom stereocenters. The number of guanidine groups is 1. The zero-order chi connectivity index (χ0) is 30.9. The zero-order valence-corrected chi connectivity index (χ0v) is 25.4. The van der Waals surface area contributed by atoms with Crippen LogP contribution >= 0.6 is 0 Å². The van der Waals surface area contributed by atoms with Crippen LogP contribution in [0.3, 0.4) is 0 Å². The number of nitrogens with zero attached hydrogens (tertiary/aromatic N) is 3. The molecule has 0 aliphatic carbocycles. The summed E-state index contributed by atoms with van der Waals surface area (Å²) in [5.41, 5.74) is -1.79.